The molecule has 0 spiro atoms. The molecule has 4 N–H and O–H groups in total. The smallest absolute Gasteiger partial charge is 0.270 e. The maximum absolute atomic E-state index is 13.9. The summed E-state index contributed by atoms with van der Waals surface area (Å²) in [6.45, 7) is 7.04. The van der Waals surface area contributed by atoms with E-state index < -0.39 is 5.92 Å². The molecule has 3 atom stereocenters. The number of nitrogen functional groups attached to an aromatic ring is 1. The first-order valence-corrected chi connectivity index (χ1v) is 13.2. The molecule has 8 nitrogen and oxygen atoms in total. The topological polar surface area (TPSA) is 115 Å². The van der Waals surface area contributed by atoms with Gasteiger partial charge in [-0.05, 0) is 42.2 Å². The molecule has 8 heteroatoms. The summed E-state index contributed by atoms with van der Waals surface area (Å²) in [5.74, 6) is -0.567. The number of nitrogens with zero attached hydrogens (tertiary/aromatic N) is 2. The number of benzene rings is 2. The molecule has 38 heavy (non-hydrogen) atoms. The van der Waals surface area contributed by atoms with Gasteiger partial charge >= 0.3 is 0 Å². The van der Waals surface area contributed by atoms with Crippen molar-refractivity contribution in [1.29, 1.82) is 0 Å². The number of H-pyrrole nitrogens is 2. The number of hydrogen-bond acceptors (Lipinski definition) is 4. The summed E-state index contributed by atoms with van der Waals surface area (Å²) in [5.41, 5.74) is 8.96. The van der Waals surface area contributed by atoms with Crippen molar-refractivity contribution in [2.45, 2.75) is 45.7 Å². The summed E-state index contributed by atoms with van der Waals surface area (Å²) in [4.78, 5) is 50.7. The zero-order chi connectivity index (χ0) is 26.8. The monoisotopic (exact) mass is 511 g/mol. The van der Waals surface area contributed by atoms with Crippen molar-refractivity contribution < 1.29 is 14.4 Å². The number of fused-ring (bicyclic) bond motifs is 4. The lowest BCUT2D eigenvalue weighted by Crippen LogP contribution is -2.53. The first kappa shape index (κ1) is 24.3. The SMILES string of the molecule is CC(C)(C)[C@H](CC(=O)c1cc2ccccc2[nH]1)C(=O)N1C[C@@H]2C[C@H]1CN2C(=O)c1cc2ccc(N)cc2[nH]1. The van der Waals surface area contributed by atoms with Crippen molar-refractivity contribution in [2.24, 2.45) is 11.3 Å². The Labute approximate surface area is 221 Å². The standard InChI is InChI=1S/C30H33N5O3/c1-30(2,3)22(14-27(36)25-10-17-6-4-5-7-23(17)32-25)28(37)34-15-21-13-20(34)16-35(21)29(38)26-11-18-8-9-19(31)12-24(18)33-26/h4-12,20-22,32-33H,13-16,31H2,1-3H3/t20-,21-,22+/m0/s1. The predicted octanol–water partition coefficient (Wildman–Crippen LogP) is 4.59. The van der Waals surface area contributed by atoms with Gasteiger partial charge < -0.3 is 25.5 Å². The fourth-order valence-electron chi connectivity index (χ4n) is 6.08. The van der Waals surface area contributed by atoms with Crippen molar-refractivity contribution in [2.75, 3.05) is 18.8 Å². The van der Waals surface area contributed by atoms with Gasteiger partial charge in [-0.1, -0.05) is 45.0 Å². The second-order valence-corrected chi connectivity index (χ2v) is 11.8. The lowest BCUT2D eigenvalue weighted by atomic mass is 9.76. The van der Waals surface area contributed by atoms with Gasteiger partial charge in [0.2, 0.25) is 5.91 Å². The Hall–Kier alpha value is -4.07. The highest BCUT2D eigenvalue weighted by atomic mass is 16.2. The van der Waals surface area contributed by atoms with Gasteiger partial charge in [0.05, 0.1) is 23.7 Å². The molecule has 0 aliphatic carbocycles. The molecule has 4 heterocycles. The molecule has 2 amide bonds. The van der Waals surface area contributed by atoms with Crippen LogP contribution in [0.4, 0.5) is 5.69 Å². The van der Waals surface area contributed by atoms with E-state index in [0.717, 1.165) is 28.2 Å². The third kappa shape index (κ3) is 4.14. The van der Waals surface area contributed by atoms with E-state index in [1.165, 1.54) is 0 Å². The summed E-state index contributed by atoms with van der Waals surface area (Å²) < 4.78 is 0. The van der Waals surface area contributed by atoms with E-state index >= 15 is 0 Å². The minimum absolute atomic E-state index is 0.00245. The Kier molecular flexibility index (Phi) is 5.59. The van der Waals surface area contributed by atoms with Crippen LogP contribution < -0.4 is 5.73 Å². The van der Waals surface area contributed by atoms with E-state index in [-0.39, 0.29) is 41.5 Å². The second-order valence-electron chi connectivity index (χ2n) is 11.8. The molecular weight excluding hydrogens is 478 g/mol. The largest absolute Gasteiger partial charge is 0.399 e. The number of nitrogens with one attached hydrogen (secondary N) is 2. The third-order valence-electron chi connectivity index (χ3n) is 8.22. The van der Waals surface area contributed by atoms with Gasteiger partial charge in [0.15, 0.2) is 5.78 Å². The number of anilines is 1. The molecule has 2 bridgehead atoms. The zero-order valence-electron chi connectivity index (χ0n) is 22.0. The number of carbonyl (C=O) groups excluding carboxylic acids is 3. The Morgan fingerprint density at radius 1 is 0.895 bits per heavy atom. The van der Waals surface area contributed by atoms with E-state index in [4.69, 9.17) is 5.73 Å². The van der Waals surface area contributed by atoms with Crippen LogP contribution in [0, 0.1) is 11.3 Å². The van der Waals surface area contributed by atoms with Crippen molar-refractivity contribution in [3.63, 3.8) is 0 Å². The van der Waals surface area contributed by atoms with Gasteiger partial charge in [-0.3, -0.25) is 14.4 Å². The molecule has 0 unspecified atom stereocenters. The number of likely N-dealkylation sites (tertiary alicyclic amines) is 2. The number of rotatable bonds is 5. The zero-order valence-corrected chi connectivity index (χ0v) is 22.0. The molecule has 196 valence electrons. The number of amides is 2. The number of aromatic nitrogens is 2. The Morgan fingerprint density at radius 3 is 2.26 bits per heavy atom. The van der Waals surface area contributed by atoms with Gasteiger partial charge in [-0.15, -0.1) is 0 Å². The summed E-state index contributed by atoms with van der Waals surface area (Å²) in [6.07, 6.45) is 0.904. The van der Waals surface area contributed by atoms with Crippen LogP contribution in [0.3, 0.4) is 0 Å². The number of Topliss-reactive ketones (excluding diaryl/α,β-unsaturated/α-hetero) is 1. The highest BCUT2D eigenvalue weighted by molar-refractivity contribution is 6.02. The van der Waals surface area contributed by atoms with E-state index in [2.05, 4.69) is 9.97 Å². The average Bonchev–Trinajstić information content (AvgIpc) is 3.66. The molecule has 2 aliphatic heterocycles. The fourth-order valence-corrected chi connectivity index (χ4v) is 6.08. The molecule has 2 aromatic carbocycles. The van der Waals surface area contributed by atoms with Crippen molar-refractivity contribution in [3.05, 3.63) is 66.0 Å². The van der Waals surface area contributed by atoms with Crippen molar-refractivity contribution in [3.8, 4) is 0 Å². The minimum atomic E-state index is -0.455. The normalized spacial score (nSPS) is 20.0. The summed E-state index contributed by atoms with van der Waals surface area (Å²) >= 11 is 0. The maximum atomic E-state index is 13.9. The van der Waals surface area contributed by atoms with Gasteiger partial charge in [0, 0.05) is 47.0 Å². The number of ketones is 1. The van der Waals surface area contributed by atoms with Crippen LogP contribution in [0.2, 0.25) is 0 Å². The number of nitrogens with two attached hydrogens (primary N) is 1. The third-order valence-corrected chi connectivity index (χ3v) is 8.22. The predicted molar refractivity (Wildman–Crippen MR) is 148 cm³/mol. The van der Waals surface area contributed by atoms with Crippen LogP contribution in [0.25, 0.3) is 21.8 Å². The van der Waals surface area contributed by atoms with E-state index in [0.29, 0.717) is 30.2 Å². The van der Waals surface area contributed by atoms with Crippen molar-refractivity contribution >= 4 is 45.1 Å². The molecule has 0 saturated carbocycles. The number of para-hydroxylation sites is 1. The first-order chi connectivity index (χ1) is 18.1. The van der Waals surface area contributed by atoms with Gasteiger partial charge in [0.1, 0.15) is 5.69 Å². The summed E-state index contributed by atoms with van der Waals surface area (Å²) in [5, 5.41) is 1.92. The minimum Gasteiger partial charge on any atom is -0.399 e. The quantitative estimate of drug-likeness (QED) is 0.268. The number of hydrogen-bond donors (Lipinski definition) is 3. The maximum Gasteiger partial charge on any atom is 0.270 e. The molecule has 4 aromatic rings. The Bertz CT molecular complexity index is 1540. The lowest BCUT2D eigenvalue weighted by molar-refractivity contribution is -0.141. The molecule has 2 fully saturated rings. The first-order valence-electron chi connectivity index (χ1n) is 13.2. The van der Waals surface area contributed by atoms with Crippen LogP contribution >= 0.6 is 0 Å². The molecular formula is C30H33N5O3. The molecule has 2 aromatic heterocycles. The molecule has 6 rings (SSSR count). The summed E-state index contributed by atoms with van der Waals surface area (Å²) in [6, 6.07) is 17.0. The van der Waals surface area contributed by atoms with Gasteiger partial charge in [-0.25, -0.2) is 0 Å². The second kappa shape index (κ2) is 8.75. The van der Waals surface area contributed by atoms with Crippen LogP contribution in [-0.2, 0) is 4.79 Å². The highest BCUT2D eigenvalue weighted by Crippen LogP contribution is 2.38. The average molecular weight is 512 g/mol. The fraction of sp³-hybridized carbons (Fsp3) is 0.367. The molecule has 0 radical (unpaired) electrons. The number of piperazine rings is 1. The molecule has 2 saturated heterocycles. The Morgan fingerprint density at radius 2 is 1.55 bits per heavy atom. The molecule has 2 aliphatic rings. The van der Waals surface area contributed by atoms with E-state index in [9.17, 15) is 14.4 Å². The number of carbonyl (C=O) groups is 3. The van der Waals surface area contributed by atoms with Crippen LogP contribution in [0.5, 0.6) is 0 Å². The summed E-state index contributed by atoms with van der Waals surface area (Å²) in [7, 11) is 0. The number of aromatic amines is 2. The lowest BCUT2D eigenvalue weighted by Gasteiger charge is -2.39. The van der Waals surface area contributed by atoms with Crippen LogP contribution in [0.1, 0.15) is 54.6 Å². The van der Waals surface area contributed by atoms with Crippen LogP contribution in [-0.4, -0.2) is 62.5 Å². The van der Waals surface area contributed by atoms with E-state index in [1.54, 1.807) is 0 Å². The highest BCUT2D eigenvalue weighted by Gasteiger charge is 2.50. The van der Waals surface area contributed by atoms with Gasteiger partial charge in [-0.2, -0.15) is 0 Å². The van der Waals surface area contributed by atoms with Gasteiger partial charge in [0.25, 0.3) is 5.91 Å². The Balaban J connectivity index is 1.16. The van der Waals surface area contributed by atoms with Crippen molar-refractivity contribution in [1.82, 2.24) is 19.8 Å². The van der Waals surface area contributed by atoms with Crippen LogP contribution in [0.15, 0.2) is 54.6 Å². The van der Waals surface area contributed by atoms with E-state index in [1.807, 2.05) is 85.2 Å².